The molecular weight excluding hydrogens is 373 g/mol. The highest BCUT2D eigenvalue weighted by Crippen LogP contribution is 2.11. The predicted molar refractivity (Wildman–Crippen MR) is 101 cm³/mol. The van der Waals surface area contributed by atoms with Crippen LogP contribution in [0.4, 0.5) is 5.69 Å². The van der Waals surface area contributed by atoms with Gasteiger partial charge in [0.2, 0.25) is 0 Å². The highest BCUT2D eigenvalue weighted by atomic mass is 127. The molecule has 4 heteroatoms. The van der Waals surface area contributed by atoms with E-state index in [0.29, 0.717) is 12.5 Å². The van der Waals surface area contributed by atoms with Gasteiger partial charge in [0.15, 0.2) is 5.96 Å². The van der Waals surface area contributed by atoms with Crippen molar-refractivity contribution in [2.45, 2.75) is 26.8 Å². The number of guanidine groups is 1. The molecule has 0 aliphatic rings. The molecule has 0 bridgehead atoms. The summed E-state index contributed by atoms with van der Waals surface area (Å²) in [4.78, 5) is 4.36. The van der Waals surface area contributed by atoms with Crippen molar-refractivity contribution in [1.82, 2.24) is 0 Å². The zero-order chi connectivity index (χ0) is 14.4. The molecule has 0 fully saturated rings. The number of benzene rings is 2. The Morgan fingerprint density at radius 1 is 1.10 bits per heavy atom. The lowest BCUT2D eigenvalue weighted by molar-refractivity contribution is 1.06. The number of nitrogens with zero attached hydrogens (tertiary/aromatic N) is 1. The molecule has 112 valence electrons. The van der Waals surface area contributed by atoms with Gasteiger partial charge in [0.25, 0.3) is 0 Å². The average molecular weight is 395 g/mol. The van der Waals surface area contributed by atoms with Crippen molar-refractivity contribution in [3.8, 4) is 0 Å². The Morgan fingerprint density at radius 3 is 2.48 bits per heavy atom. The fraction of sp³-hybridized carbons (Fsp3) is 0.235. The molecule has 0 aliphatic heterocycles. The molecule has 0 saturated heterocycles. The summed E-state index contributed by atoms with van der Waals surface area (Å²) in [6.07, 6.45) is 1.01. The third-order valence-electron chi connectivity index (χ3n) is 3.16. The zero-order valence-corrected chi connectivity index (χ0v) is 14.8. The van der Waals surface area contributed by atoms with Gasteiger partial charge in [-0.25, -0.2) is 4.99 Å². The number of aliphatic imine (C=N–C) groups is 1. The van der Waals surface area contributed by atoms with Crippen LogP contribution in [0.25, 0.3) is 0 Å². The van der Waals surface area contributed by atoms with Crippen molar-refractivity contribution in [2.24, 2.45) is 10.7 Å². The van der Waals surface area contributed by atoms with Gasteiger partial charge in [-0.2, -0.15) is 0 Å². The molecule has 2 aromatic rings. The van der Waals surface area contributed by atoms with Crippen LogP contribution in [0, 0.1) is 6.92 Å². The van der Waals surface area contributed by atoms with Gasteiger partial charge in [-0.15, -0.1) is 24.0 Å². The second-order valence-corrected chi connectivity index (χ2v) is 4.87. The third-order valence-corrected chi connectivity index (χ3v) is 3.16. The Balaban J connectivity index is 0.00000220. The summed E-state index contributed by atoms with van der Waals surface area (Å²) < 4.78 is 0. The van der Waals surface area contributed by atoms with Gasteiger partial charge in [0.1, 0.15) is 0 Å². The van der Waals surface area contributed by atoms with Crippen LogP contribution >= 0.6 is 24.0 Å². The maximum absolute atomic E-state index is 5.91. The molecule has 0 spiro atoms. The quantitative estimate of drug-likeness (QED) is 0.465. The molecule has 0 heterocycles. The van der Waals surface area contributed by atoms with Crippen LogP contribution in [-0.4, -0.2) is 5.96 Å². The van der Waals surface area contributed by atoms with Gasteiger partial charge in [-0.3, -0.25) is 0 Å². The van der Waals surface area contributed by atoms with E-state index < -0.39 is 0 Å². The van der Waals surface area contributed by atoms with E-state index in [2.05, 4.69) is 60.6 Å². The Morgan fingerprint density at radius 2 is 1.81 bits per heavy atom. The van der Waals surface area contributed by atoms with Crippen molar-refractivity contribution in [3.05, 3.63) is 65.2 Å². The van der Waals surface area contributed by atoms with Gasteiger partial charge in [-0.1, -0.05) is 48.9 Å². The highest BCUT2D eigenvalue weighted by molar-refractivity contribution is 14.0. The number of anilines is 1. The topological polar surface area (TPSA) is 50.4 Å². The predicted octanol–water partition coefficient (Wildman–Crippen LogP) is 4.10. The summed E-state index contributed by atoms with van der Waals surface area (Å²) in [6, 6.07) is 16.5. The second-order valence-electron chi connectivity index (χ2n) is 4.87. The van der Waals surface area contributed by atoms with Crippen LogP contribution in [0.1, 0.15) is 23.6 Å². The first-order valence-electron chi connectivity index (χ1n) is 6.89. The number of hydrogen-bond acceptors (Lipinski definition) is 1. The summed E-state index contributed by atoms with van der Waals surface area (Å²) >= 11 is 0. The maximum atomic E-state index is 5.91. The molecule has 0 aromatic heterocycles. The molecule has 0 amide bonds. The Kier molecular flexibility index (Phi) is 7.22. The van der Waals surface area contributed by atoms with Gasteiger partial charge in [0.05, 0.1) is 6.54 Å². The van der Waals surface area contributed by atoms with E-state index in [1.807, 2.05) is 12.1 Å². The van der Waals surface area contributed by atoms with Gasteiger partial charge >= 0.3 is 0 Å². The minimum atomic E-state index is 0. The first-order chi connectivity index (χ1) is 9.67. The van der Waals surface area contributed by atoms with Crippen LogP contribution in [0.2, 0.25) is 0 Å². The SMILES string of the molecule is CCc1cccc(NC(N)=NCc2ccc(C)cc2)c1.I. The van der Waals surface area contributed by atoms with Crippen LogP contribution in [0.3, 0.4) is 0 Å². The van der Waals surface area contributed by atoms with E-state index in [1.165, 1.54) is 11.1 Å². The van der Waals surface area contributed by atoms with Crippen molar-refractivity contribution in [3.63, 3.8) is 0 Å². The zero-order valence-electron chi connectivity index (χ0n) is 12.5. The lowest BCUT2D eigenvalue weighted by atomic mass is 10.1. The monoisotopic (exact) mass is 395 g/mol. The summed E-state index contributed by atoms with van der Waals surface area (Å²) in [5, 5.41) is 3.13. The fourth-order valence-corrected chi connectivity index (χ4v) is 1.93. The first kappa shape index (κ1) is 17.5. The van der Waals surface area contributed by atoms with E-state index in [1.54, 1.807) is 0 Å². The standard InChI is InChI=1S/C17H21N3.HI/c1-3-14-5-4-6-16(11-14)20-17(18)19-12-15-9-7-13(2)8-10-15;/h4-11H,3,12H2,1-2H3,(H3,18,19,20);1H. The molecule has 0 atom stereocenters. The molecule has 0 radical (unpaired) electrons. The molecule has 0 aliphatic carbocycles. The van der Waals surface area contributed by atoms with Crippen LogP contribution in [-0.2, 0) is 13.0 Å². The maximum Gasteiger partial charge on any atom is 0.193 e. The van der Waals surface area contributed by atoms with E-state index in [9.17, 15) is 0 Å². The number of nitrogens with two attached hydrogens (primary N) is 1. The van der Waals surface area contributed by atoms with Gasteiger partial charge in [-0.05, 0) is 36.6 Å². The Bertz CT molecular complexity index is 591. The minimum absolute atomic E-state index is 0. The first-order valence-corrected chi connectivity index (χ1v) is 6.89. The Hall–Kier alpha value is -1.56. The molecular formula is C17H22IN3. The summed E-state index contributed by atoms with van der Waals surface area (Å²) in [5.41, 5.74) is 10.6. The van der Waals surface area contributed by atoms with Gasteiger partial charge in [0, 0.05) is 5.69 Å². The number of hydrogen-bond donors (Lipinski definition) is 2. The Labute approximate surface area is 143 Å². The van der Waals surface area contributed by atoms with E-state index in [4.69, 9.17) is 5.73 Å². The molecule has 0 unspecified atom stereocenters. The summed E-state index contributed by atoms with van der Waals surface area (Å²) in [5.74, 6) is 0.443. The molecule has 2 aromatic carbocycles. The average Bonchev–Trinajstić information content (AvgIpc) is 2.47. The third kappa shape index (κ3) is 5.75. The van der Waals surface area contributed by atoms with Crippen molar-refractivity contribution in [2.75, 3.05) is 5.32 Å². The lowest BCUT2D eigenvalue weighted by Crippen LogP contribution is -2.22. The van der Waals surface area contributed by atoms with Crippen molar-refractivity contribution in [1.29, 1.82) is 0 Å². The van der Waals surface area contributed by atoms with Crippen molar-refractivity contribution >= 4 is 35.6 Å². The minimum Gasteiger partial charge on any atom is -0.370 e. The smallest absolute Gasteiger partial charge is 0.193 e. The molecule has 3 N–H and O–H groups in total. The number of aryl methyl sites for hydroxylation is 2. The molecule has 21 heavy (non-hydrogen) atoms. The van der Waals surface area contributed by atoms with Crippen LogP contribution < -0.4 is 11.1 Å². The number of nitrogens with one attached hydrogen (secondary N) is 1. The van der Waals surface area contributed by atoms with Crippen molar-refractivity contribution < 1.29 is 0 Å². The van der Waals surface area contributed by atoms with E-state index >= 15 is 0 Å². The van der Waals surface area contributed by atoms with Crippen LogP contribution in [0.15, 0.2) is 53.5 Å². The van der Waals surface area contributed by atoms with E-state index in [-0.39, 0.29) is 24.0 Å². The molecule has 2 rings (SSSR count). The summed E-state index contributed by atoms with van der Waals surface area (Å²) in [6.45, 7) is 4.80. The van der Waals surface area contributed by atoms with E-state index in [0.717, 1.165) is 17.7 Å². The fourth-order valence-electron chi connectivity index (χ4n) is 1.93. The van der Waals surface area contributed by atoms with Gasteiger partial charge < -0.3 is 11.1 Å². The lowest BCUT2D eigenvalue weighted by Gasteiger charge is -2.07. The van der Waals surface area contributed by atoms with Crippen LogP contribution in [0.5, 0.6) is 0 Å². The molecule has 3 nitrogen and oxygen atoms in total. The summed E-state index contributed by atoms with van der Waals surface area (Å²) in [7, 11) is 0. The largest absolute Gasteiger partial charge is 0.370 e. The normalized spacial score (nSPS) is 10.9. The number of rotatable bonds is 4. The molecule has 0 saturated carbocycles. The second kappa shape index (κ2) is 8.67. The highest BCUT2D eigenvalue weighted by Gasteiger charge is 1.97. The number of halogens is 1.